The topological polar surface area (TPSA) is 26.3 Å². The van der Waals surface area contributed by atoms with Crippen LogP contribution in [0.5, 0.6) is 5.75 Å². The molecule has 1 fully saturated rings. The molecule has 76 valence electrons. The zero-order valence-electron chi connectivity index (χ0n) is 8.00. The average Bonchev–Trinajstić information content (AvgIpc) is 2.57. The van der Waals surface area contributed by atoms with Gasteiger partial charge in [0.1, 0.15) is 11.9 Å². The van der Waals surface area contributed by atoms with Crippen molar-refractivity contribution >= 4 is 23.5 Å². The van der Waals surface area contributed by atoms with E-state index in [1.165, 1.54) is 0 Å². The first-order valence-corrected chi connectivity index (χ1v) is 5.33. The van der Waals surface area contributed by atoms with Gasteiger partial charge in [0.25, 0.3) is 0 Å². The third-order valence-corrected chi connectivity index (χ3v) is 3.09. The van der Waals surface area contributed by atoms with Crippen LogP contribution in [0.4, 0.5) is 0 Å². The van der Waals surface area contributed by atoms with Gasteiger partial charge in [-0.15, -0.1) is 0 Å². The lowest BCUT2D eigenvalue weighted by atomic mass is 10.0. The molecule has 1 atom stereocenters. The number of carbonyl (C=O) groups is 1. The first-order chi connectivity index (χ1) is 7.24. The number of ketones is 1. The lowest BCUT2D eigenvalue weighted by molar-refractivity contribution is -0.114. The van der Waals surface area contributed by atoms with E-state index in [1.807, 2.05) is 18.2 Å². The Morgan fingerprint density at radius 3 is 3.13 bits per heavy atom. The molecular weight excluding hydrogens is 212 g/mol. The summed E-state index contributed by atoms with van der Waals surface area (Å²) in [5, 5.41) is 0.665. The molecule has 2 aliphatic rings. The highest BCUT2D eigenvalue weighted by Crippen LogP contribution is 2.36. The summed E-state index contributed by atoms with van der Waals surface area (Å²) < 4.78 is 5.73. The summed E-state index contributed by atoms with van der Waals surface area (Å²) >= 11 is 5.89. The SMILES string of the molecule is O=C1CCC2Oc3ccc(Cl)cc3C=C12. The van der Waals surface area contributed by atoms with Crippen molar-refractivity contribution in [2.24, 2.45) is 0 Å². The Hall–Kier alpha value is -1.28. The molecule has 3 heteroatoms. The van der Waals surface area contributed by atoms with Gasteiger partial charge in [-0.1, -0.05) is 11.6 Å². The molecule has 0 bridgehead atoms. The zero-order valence-corrected chi connectivity index (χ0v) is 8.75. The molecule has 1 aliphatic heterocycles. The molecule has 0 saturated heterocycles. The van der Waals surface area contributed by atoms with Crippen LogP contribution in [0.15, 0.2) is 23.8 Å². The van der Waals surface area contributed by atoms with Crippen molar-refractivity contribution in [2.75, 3.05) is 0 Å². The number of carbonyl (C=O) groups excluding carboxylic acids is 1. The predicted molar refractivity (Wildman–Crippen MR) is 58.1 cm³/mol. The molecule has 3 rings (SSSR count). The van der Waals surface area contributed by atoms with Gasteiger partial charge in [0.2, 0.25) is 0 Å². The van der Waals surface area contributed by atoms with Crippen LogP contribution in [0.2, 0.25) is 5.02 Å². The maximum atomic E-state index is 11.5. The molecule has 1 aromatic carbocycles. The number of rotatable bonds is 0. The Bertz CT molecular complexity index is 477. The molecule has 2 nitrogen and oxygen atoms in total. The Morgan fingerprint density at radius 1 is 1.40 bits per heavy atom. The molecule has 0 radical (unpaired) electrons. The van der Waals surface area contributed by atoms with Crippen molar-refractivity contribution in [1.29, 1.82) is 0 Å². The molecule has 1 saturated carbocycles. The van der Waals surface area contributed by atoms with Crippen LogP contribution in [0.3, 0.4) is 0 Å². The van der Waals surface area contributed by atoms with E-state index in [-0.39, 0.29) is 11.9 Å². The fourth-order valence-corrected chi connectivity index (χ4v) is 2.28. The van der Waals surface area contributed by atoms with Crippen LogP contribution in [0.25, 0.3) is 6.08 Å². The largest absolute Gasteiger partial charge is 0.485 e. The second-order valence-corrected chi connectivity index (χ2v) is 4.29. The molecule has 0 spiro atoms. The number of benzene rings is 1. The lowest BCUT2D eigenvalue weighted by Crippen LogP contribution is -2.19. The van der Waals surface area contributed by atoms with Crippen molar-refractivity contribution < 1.29 is 9.53 Å². The molecule has 1 unspecified atom stereocenters. The number of ether oxygens (including phenoxy) is 1. The summed E-state index contributed by atoms with van der Waals surface area (Å²) in [4.78, 5) is 11.5. The zero-order chi connectivity index (χ0) is 10.4. The minimum absolute atomic E-state index is 0.0359. The third-order valence-electron chi connectivity index (χ3n) is 2.85. The molecular formula is C12H9ClO2. The molecule has 1 aliphatic carbocycles. The second kappa shape index (κ2) is 3.11. The second-order valence-electron chi connectivity index (χ2n) is 3.85. The summed E-state index contributed by atoms with van der Waals surface area (Å²) in [6, 6.07) is 5.48. The number of fused-ring (bicyclic) bond motifs is 2. The van der Waals surface area contributed by atoms with Crippen molar-refractivity contribution in [2.45, 2.75) is 18.9 Å². The van der Waals surface area contributed by atoms with Gasteiger partial charge in [-0.25, -0.2) is 0 Å². The van der Waals surface area contributed by atoms with Gasteiger partial charge in [-0.05, 0) is 30.7 Å². The maximum absolute atomic E-state index is 11.5. The van der Waals surface area contributed by atoms with Crippen LogP contribution in [0.1, 0.15) is 18.4 Å². The predicted octanol–water partition coefficient (Wildman–Crippen LogP) is 2.85. The minimum Gasteiger partial charge on any atom is -0.485 e. The first kappa shape index (κ1) is 8.98. The van der Waals surface area contributed by atoms with Gasteiger partial charge in [0.15, 0.2) is 5.78 Å². The van der Waals surface area contributed by atoms with Gasteiger partial charge in [0.05, 0.1) is 0 Å². The summed E-state index contributed by atoms with van der Waals surface area (Å²) in [6.07, 6.45) is 3.27. The fraction of sp³-hybridized carbons (Fsp3) is 0.250. The van der Waals surface area contributed by atoms with Gasteiger partial charge in [-0.2, -0.15) is 0 Å². The quantitative estimate of drug-likeness (QED) is 0.672. The summed E-state index contributed by atoms with van der Waals surface area (Å²) in [7, 11) is 0. The van der Waals surface area contributed by atoms with E-state index in [0.717, 1.165) is 23.3 Å². The molecule has 0 aromatic heterocycles. The summed E-state index contributed by atoms with van der Waals surface area (Å²) in [6.45, 7) is 0. The number of hydrogen-bond donors (Lipinski definition) is 0. The van der Waals surface area contributed by atoms with E-state index in [1.54, 1.807) is 6.07 Å². The molecule has 1 aromatic rings. The first-order valence-electron chi connectivity index (χ1n) is 4.95. The number of Topliss-reactive ketones (excluding diaryl/α,β-unsaturated/α-hetero) is 1. The normalized spacial score (nSPS) is 22.9. The highest BCUT2D eigenvalue weighted by Gasteiger charge is 2.33. The third kappa shape index (κ3) is 1.37. The number of halogens is 1. The molecule has 1 heterocycles. The Morgan fingerprint density at radius 2 is 2.27 bits per heavy atom. The smallest absolute Gasteiger partial charge is 0.162 e. The van der Waals surface area contributed by atoms with Crippen LogP contribution in [-0.2, 0) is 4.79 Å². The van der Waals surface area contributed by atoms with Crippen LogP contribution >= 0.6 is 11.6 Å². The van der Waals surface area contributed by atoms with E-state index < -0.39 is 0 Å². The monoisotopic (exact) mass is 220 g/mol. The Kier molecular flexibility index (Phi) is 1.86. The van der Waals surface area contributed by atoms with E-state index in [2.05, 4.69) is 0 Å². The maximum Gasteiger partial charge on any atom is 0.162 e. The Labute approximate surface area is 92.5 Å². The Balaban J connectivity index is 2.13. The van der Waals surface area contributed by atoms with Crippen LogP contribution < -0.4 is 4.74 Å². The van der Waals surface area contributed by atoms with Crippen LogP contribution in [0, 0.1) is 0 Å². The average molecular weight is 221 g/mol. The van der Waals surface area contributed by atoms with Crippen molar-refractivity contribution in [1.82, 2.24) is 0 Å². The highest BCUT2D eigenvalue weighted by molar-refractivity contribution is 6.30. The number of hydrogen-bond acceptors (Lipinski definition) is 2. The van der Waals surface area contributed by atoms with Crippen molar-refractivity contribution in [3.05, 3.63) is 34.4 Å². The van der Waals surface area contributed by atoms with Gasteiger partial charge in [0, 0.05) is 22.6 Å². The van der Waals surface area contributed by atoms with Crippen molar-refractivity contribution in [3.63, 3.8) is 0 Å². The van der Waals surface area contributed by atoms with Crippen molar-refractivity contribution in [3.8, 4) is 5.75 Å². The molecule has 15 heavy (non-hydrogen) atoms. The van der Waals surface area contributed by atoms with Gasteiger partial charge >= 0.3 is 0 Å². The molecule has 0 amide bonds. The minimum atomic E-state index is -0.0359. The van der Waals surface area contributed by atoms with E-state index in [0.29, 0.717) is 11.4 Å². The standard InChI is InChI=1S/C12H9ClO2/c13-8-1-3-11-7(5-8)6-9-10(14)2-4-12(9)15-11/h1,3,5-6,12H,2,4H2. The van der Waals surface area contributed by atoms with E-state index in [9.17, 15) is 4.79 Å². The fourth-order valence-electron chi connectivity index (χ4n) is 2.10. The molecule has 0 N–H and O–H groups in total. The summed E-state index contributed by atoms with van der Waals surface area (Å²) in [5.41, 5.74) is 1.70. The van der Waals surface area contributed by atoms with Gasteiger partial charge in [-0.3, -0.25) is 4.79 Å². The van der Waals surface area contributed by atoms with E-state index >= 15 is 0 Å². The lowest BCUT2D eigenvalue weighted by Gasteiger charge is -2.21. The summed E-state index contributed by atoms with van der Waals surface area (Å²) in [5.74, 6) is 1.02. The van der Waals surface area contributed by atoms with Crippen LogP contribution in [-0.4, -0.2) is 11.9 Å². The highest BCUT2D eigenvalue weighted by atomic mass is 35.5. The van der Waals surface area contributed by atoms with Gasteiger partial charge < -0.3 is 4.74 Å². The van der Waals surface area contributed by atoms with E-state index in [4.69, 9.17) is 16.3 Å².